The van der Waals surface area contributed by atoms with Crippen molar-refractivity contribution in [2.75, 3.05) is 5.75 Å². The van der Waals surface area contributed by atoms with Crippen molar-refractivity contribution >= 4 is 17.7 Å². The fraction of sp³-hybridized carbons (Fsp3) is 0.158. The molecular formula is C19H16F3N3OS. The molecule has 0 radical (unpaired) electrons. The summed E-state index contributed by atoms with van der Waals surface area (Å²) in [6.45, 7) is 0. The lowest BCUT2D eigenvalue weighted by molar-refractivity contribution is -0.119. The number of aromatic nitrogens is 2. The Labute approximate surface area is 158 Å². The third-order valence-corrected chi connectivity index (χ3v) is 4.88. The first-order valence-corrected chi connectivity index (χ1v) is 9.02. The van der Waals surface area contributed by atoms with E-state index in [2.05, 4.69) is 10.3 Å². The summed E-state index contributed by atoms with van der Waals surface area (Å²) in [5, 5.41) is 2.86. The van der Waals surface area contributed by atoms with Gasteiger partial charge in [-0.15, -0.1) is 11.8 Å². The van der Waals surface area contributed by atoms with Crippen molar-refractivity contribution in [1.29, 1.82) is 0 Å². The highest BCUT2D eigenvalue weighted by molar-refractivity contribution is 8.00. The van der Waals surface area contributed by atoms with Gasteiger partial charge in [0.25, 0.3) is 0 Å². The van der Waals surface area contributed by atoms with Gasteiger partial charge in [-0.25, -0.2) is 18.2 Å². The number of carbonyl (C=O) groups excluding carboxylic acids is 1. The Morgan fingerprint density at radius 1 is 1.15 bits per heavy atom. The van der Waals surface area contributed by atoms with E-state index in [9.17, 15) is 18.0 Å². The summed E-state index contributed by atoms with van der Waals surface area (Å²) in [6, 6.07) is 8.69. The molecule has 1 heterocycles. The van der Waals surface area contributed by atoms with Crippen molar-refractivity contribution < 1.29 is 18.0 Å². The van der Waals surface area contributed by atoms with Gasteiger partial charge >= 0.3 is 0 Å². The first-order chi connectivity index (χ1) is 12.9. The Bertz CT molecular complexity index is 944. The molecule has 1 unspecified atom stereocenters. The predicted molar refractivity (Wildman–Crippen MR) is 96.7 cm³/mol. The maximum absolute atomic E-state index is 13.3. The molecule has 0 aliphatic rings. The second kappa shape index (κ2) is 8.30. The maximum Gasteiger partial charge on any atom is 0.231 e. The van der Waals surface area contributed by atoms with Gasteiger partial charge < -0.3 is 9.88 Å². The number of amides is 1. The zero-order valence-corrected chi connectivity index (χ0v) is 15.1. The van der Waals surface area contributed by atoms with Crippen LogP contribution >= 0.6 is 11.8 Å². The zero-order chi connectivity index (χ0) is 19.4. The number of benzene rings is 2. The van der Waals surface area contributed by atoms with E-state index in [1.54, 1.807) is 36.1 Å². The van der Waals surface area contributed by atoms with Gasteiger partial charge in [-0.05, 0) is 35.9 Å². The van der Waals surface area contributed by atoms with E-state index in [4.69, 9.17) is 0 Å². The molecule has 0 bridgehead atoms. The van der Waals surface area contributed by atoms with E-state index in [1.165, 1.54) is 18.2 Å². The van der Waals surface area contributed by atoms with Crippen LogP contribution in [0, 0.1) is 17.5 Å². The number of carbonyl (C=O) groups is 1. The summed E-state index contributed by atoms with van der Waals surface area (Å²) in [6.07, 6.45) is 3.35. The second-order valence-corrected chi connectivity index (χ2v) is 6.86. The van der Waals surface area contributed by atoms with Crippen LogP contribution in [-0.2, 0) is 11.8 Å². The lowest BCUT2D eigenvalue weighted by atomic mass is 10.1. The molecule has 0 aliphatic heterocycles. The van der Waals surface area contributed by atoms with Gasteiger partial charge in [-0.1, -0.05) is 12.1 Å². The summed E-state index contributed by atoms with van der Waals surface area (Å²) in [5.74, 6) is -1.99. The number of imidazole rings is 1. The Morgan fingerprint density at radius 2 is 1.89 bits per heavy atom. The summed E-state index contributed by atoms with van der Waals surface area (Å²) in [7, 11) is 1.79. The van der Waals surface area contributed by atoms with Gasteiger partial charge in [-0.2, -0.15) is 0 Å². The molecule has 2 aromatic carbocycles. The molecule has 0 aliphatic carbocycles. The molecule has 0 fully saturated rings. The van der Waals surface area contributed by atoms with Gasteiger partial charge in [0, 0.05) is 24.3 Å². The van der Waals surface area contributed by atoms with Crippen LogP contribution in [0.4, 0.5) is 13.2 Å². The monoisotopic (exact) mass is 391 g/mol. The van der Waals surface area contributed by atoms with E-state index in [0.29, 0.717) is 16.3 Å². The average molecular weight is 391 g/mol. The van der Waals surface area contributed by atoms with Crippen molar-refractivity contribution in [2.45, 2.75) is 10.9 Å². The molecule has 3 rings (SSSR count). The quantitative estimate of drug-likeness (QED) is 0.650. The van der Waals surface area contributed by atoms with Crippen molar-refractivity contribution in [2.24, 2.45) is 7.05 Å². The van der Waals surface area contributed by atoms with Crippen LogP contribution in [0.5, 0.6) is 0 Å². The van der Waals surface area contributed by atoms with Crippen molar-refractivity contribution in [3.63, 3.8) is 0 Å². The lowest BCUT2D eigenvalue weighted by Crippen LogP contribution is -2.32. The van der Waals surface area contributed by atoms with E-state index in [0.717, 1.165) is 23.9 Å². The van der Waals surface area contributed by atoms with Crippen LogP contribution in [0.1, 0.15) is 17.4 Å². The Balaban J connectivity index is 1.73. The highest BCUT2D eigenvalue weighted by Crippen LogP contribution is 2.23. The van der Waals surface area contributed by atoms with Gasteiger partial charge in [0.15, 0.2) is 11.6 Å². The molecule has 3 aromatic rings. The molecule has 1 atom stereocenters. The van der Waals surface area contributed by atoms with Gasteiger partial charge in [-0.3, -0.25) is 4.79 Å². The predicted octanol–water partition coefficient (Wildman–Crippen LogP) is 3.84. The minimum Gasteiger partial charge on any atom is -0.341 e. The Hall–Kier alpha value is -2.74. The number of rotatable bonds is 6. The minimum absolute atomic E-state index is 0.00713. The molecule has 1 aromatic heterocycles. The molecule has 27 heavy (non-hydrogen) atoms. The molecule has 4 nitrogen and oxygen atoms in total. The second-order valence-electron chi connectivity index (χ2n) is 5.81. The fourth-order valence-electron chi connectivity index (χ4n) is 2.53. The molecule has 8 heteroatoms. The highest BCUT2D eigenvalue weighted by Gasteiger charge is 2.21. The number of aryl methyl sites for hydroxylation is 1. The molecule has 1 amide bonds. The Kier molecular flexibility index (Phi) is 5.85. The molecular weight excluding hydrogens is 375 g/mol. The number of halogens is 3. The van der Waals surface area contributed by atoms with Crippen LogP contribution in [0.2, 0.25) is 0 Å². The first-order valence-electron chi connectivity index (χ1n) is 8.04. The first kappa shape index (κ1) is 19.0. The third kappa shape index (κ3) is 4.71. The Morgan fingerprint density at radius 3 is 2.52 bits per heavy atom. The number of nitrogens with zero attached hydrogens (tertiary/aromatic N) is 2. The normalized spacial score (nSPS) is 12.0. The molecule has 0 spiro atoms. The summed E-state index contributed by atoms with van der Waals surface area (Å²) >= 11 is 1.09. The van der Waals surface area contributed by atoms with Crippen LogP contribution < -0.4 is 5.32 Å². The summed E-state index contributed by atoms with van der Waals surface area (Å²) in [5.41, 5.74) is 0.678. The zero-order valence-electron chi connectivity index (χ0n) is 14.3. The third-order valence-electron chi connectivity index (χ3n) is 3.89. The standard InChI is InChI=1S/C19H16F3N3OS/c1-25-9-8-23-19(25)18(12-2-4-13(20)5-3-12)24-17(26)11-27-14-6-7-15(21)16(22)10-14/h2-10,18H,11H2,1H3,(H,24,26). The van der Waals surface area contributed by atoms with E-state index < -0.39 is 17.7 Å². The lowest BCUT2D eigenvalue weighted by Gasteiger charge is -2.19. The SMILES string of the molecule is Cn1ccnc1C(NC(=O)CSc1ccc(F)c(F)c1)c1ccc(F)cc1. The van der Waals surface area contributed by atoms with Crippen LogP contribution in [0.3, 0.4) is 0 Å². The van der Waals surface area contributed by atoms with E-state index >= 15 is 0 Å². The van der Waals surface area contributed by atoms with Gasteiger partial charge in [0.05, 0.1) is 5.75 Å². The number of hydrogen-bond acceptors (Lipinski definition) is 3. The van der Waals surface area contributed by atoms with Crippen molar-refractivity contribution in [3.8, 4) is 0 Å². The molecule has 1 N–H and O–H groups in total. The van der Waals surface area contributed by atoms with Crippen molar-refractivity contribution in [1.82, 2.24) is 14.9 Å². The average Bonchev–Trinajstić information content (AvgIpc) is 3.07. The van der Waals surface area contributed by atoms with Crippen LogP contribution in [0.25, 0.3) is 0 Å². The largest absolute Gasteiger partial charge is 0.341 e. The topological polar surface area (TPSA) is 46.9 Å². The highest BCUT2D eigenvalue weighted by atomic mass is 32.2. The fourth-order valence-corrected chi connectivity index (χ4v) is 3.26. The number of thioether (sulfide) groups is 1. The summed E-state index contributed by atoms with van der Waals surface area (Å²) in [4.78, 5) is 17.1. The molecule has 0 saturated heterocycles. The minimum atomic E-state index is -0.961. The summed E-state index contributed by atoms with van der Waals surface area (Å²) < 4.78 is 41.2. The van der Waals surface area contributed by atoms with Gasteiger partial charge in [0.1, 0.15) is 17.7 Å². The number of nitrogens with one attached hydrogen (secondary N) is 1. The van der Waals surface area contributed by atoms with Crippen LogP contribution in [0.15, 0.2) is 59.8 Å². The molecule has 140 valence electrons. The van der Waals surface area contributed by atoms with Crippen LogP contribution in [-0.4, -0.2) is 21.2 Å². The maximum atomic E-state index is 13.3. The molecule has 0 saturated carbocycles. The van der Waals surface area contributed by atoms with E-state index in [1.807, 2.05) is 0 Å². The van der Waals surface area contributed by atoms with E-state index in [-0.39, 0.29) is 17.5 Å². The smallest absolute Gasteiger partial charge is 0.231 e. The number of hydrogen-bond donors (Lipinski definition) is 1. The van der Waals surface area contributed by atoms with Crippen molar-refractivity contribution in [3.05, 3.63) is 83.7 Å². The van der Waals surface area contributed by atoms with Gasteiger partial charge in [0.2, 0.25) is 5.91 Å².